The number of amides is 2. The second-order valence-corrected chi connectivity index (χ2v) is 10.2. The van der Waals surface area contributed by atoms with Crippen LogP contribution in [0.2, 0.25) is 0 Å². The van der Waals surface area contributed by atoms with Gasteiger partial charge in [0.25, 0.3) is 11.5 Å². The summed E-state index contributed by atoms with van der Waals surface area (Å²) in [6.07, 6.45) is 4.26. The Morgan fingerprint density at radius 3 is 2.58 bits per heavy atom. The van der Waals surface area contributed by atoms with Gasteiger partial charge in [-0.15, -0.1) is 11.3 Å². The highest BCUT2D eigenvalue weighted by molar-refractivity contribution is 7.20. The first kappa shape index (κ1) is 21.8. The summed E-state index contributed by atoms with van der Waals surface area (Å²) in [5.41, 5.74) is 2.86. The van der Waals surface area contributed by atoms with Crippen molar-refractivity contribution in [3.63, 3.8) is 0 Å². The molecule has 3 aromatic rings. The fourth-order valence-electron chi connectivity index (χ4n) is 4.79. The third-order valence-electron chi connectivity index (χ3n) is 6.97. The largest absolute Gasteiger partial charge is 0.341 e. The maximum Gasteiger partial charge on any atom is 0.264 e. The van der Waals surface area contributed by atoms with Gasteiger partial charge in [-0.1, -0.05) is 31.2 Å². The molecule has 4 heterocycles. The maximum atomic E-state index is 13.3. The summed E-state index contributed by atoms with van der Waals surface area (Å²) in [6, 6.07) is 8.20. The lowest BCUT2D eigenvalue weighted by atomic mass is 9.99. The van der Waals surface area contributed by atoms with Crippen LogP contribution < -0.4 is 5.56 Å². The van der Waals surface area contributed by atoms with Gasteiger partial charge in [0.1, 0.15) is 11.4 Å². The Morgan fingerprint density at radius 2 is 1.82 bits per heavy atom. The second kappa shape index (κ2) is 8.74. The van der Waals surface area contributed by atoms with Gasteiger partial charge >= 0.3 is 0 Å². The normalized spacial score (nSPS) is 16.8. The molecule has 0 bridgehead atoms. The van der Waals surface area contributed by atoms with Crippen LogP contribution in [0, 0.1) is 12.8 Å². The van der Waals surface area contributed by atoms with Gasteiger partial charge in [0.05, 0.1) is 16.6 Å². The lowest BCUT2D eigenvalue weighted by Crippen LogP contribution is -2.41. The van der Waals surface area contributed by atoms with Crippen molar-refractivity contribution in [2.75, 3.05) is 19.6 Å². The molecule has 0 saturated carbocycles. The summed E-state index contributed by atoms with van der Waals surface area (Å²) in [6.45, 7) is 6.69. The van der Waals surface area contributed by atoms with Crippen molar-refractivity contribution in [1.29, 1.82) is 0 Å². The van der Waals surface area contributed by atoms with Crippen LogP contribution in [0.1, 0.15) is 46.1 Å². The minimum absolute atomic E-state index is 0.0162. The zero-order valence-corrected chi connectivity index (χ0v) is 19.9. The van der Waals surface area contributed by atoms with Crippen LogP contribution in [-0.4, -0.2) is 50.8 Å². The van der Waals surface area contributed by atoms with E-state index in [-0.39, 0.29) is 23.9 Å². The van der Waals surface area contributed by atoms with Crippen LogP contribution in [0.3, 0.4) is 0 Å². The molecule has 0 N–H and O–H groups in total. The number of carbonyl (C=O) groups excluding carboxylic acids is 2. The molecular formula is C25H28N4O3S. The van der Waals surface area contributed by atoms with Crippen LogP contribution in [0.5, 0.6) is 0 Å². The molecule has 0 spiro atoms. The van der Waals surface area contributed by atoms with Crippen molar-refractivity contribution >= 4 is 33.4 Å². The summed E-state index contributed by atoms with van der Waals surface area (Å²) in [5, 5.41) is 0.448. The summed E-state index contributed by atoms with van der Waals surface area (Å²) >= 11 is 1.27. The van der Waals surface area contributed by atoms with E-state index in [1.165, 1.54) is 33.4 Å². The number of piperidine rings is 1. The van der Waals surface area contributed by atoms with Crippen LogP contribution in [0.25, 0.3) is 10.2 Å². The van der Waals surface area contributed by atoms with Gasteiger partial charge in [-0.05, 0) is 48.8 Å². The molecule has 0 unspecified atom stereocenters. The van der Waals surface area contributed by atoms with Crippen LogP contribution in [0.15, 0.2) is 35.4 Å². The van der Waals surface area contributed by atoms with E-state index in [1.807, 2.05) is 28.9 Å². The zero-order valence-electron chi connectivity index (χ0n) is 19.0. The Bertz CT molecular complexity index is 1290. The van der Waals surface area contributed by atoms with Gasteiger partial charge in [0, 0.05) is 26.2 Å². The molecule has 172 valence electrons. The molecule has 1 aromatic carbocycles. The summed E-state index contributed by atoms with van der Waals surface area (Å²) in [4.78, 5) is 48.5. The smallest absolute Gasteiger partial charge is 0.264 e. The number of fused-ring (bicyclic) bond motifs is 2. The number of hydrogen-bond acceptors (Lipinski definition) is 5. The van der Waals surface area contributed by atoms with Crippen LogP contribution in [-0.2, 0) is 24.3 Å². The molecule has 2 aromatic heterocycles. The fraction of sp³-hybridized carbons (Fsp3) is 0.440. The molecule has 0 atom stereocenters. The van der Waals surface area contributed by atoms with Gasteiger partial charge in [0.2, 0.25) is 5.91 Å². The van der Waals surface area contributed by atoms with Crippen LogP contribution >= 0.6 is 11.3 Å². The number of aromatic nitrogens is 2. The van der Waals surface area contributed by atoms with Crippen molar-refractivity contribution in [2.24, 2.45) is 5.92 Å². The molecule has 0 aliphatic carbocycles. The number of rotatable bonds is 3. The summed E-state index contributed by atoms with van der Waals surface area (Å²) in [5.74, 6) is 0.517. The van der Waals surface area contributed by atoms with E-state index in [1.54, 1.807) is 0 Å². The van der Waals surface area contributed by atoms with Crippen molar-refractivity contribution in [1.82, 2.24) is 19.4 Å². The lowest BCUT2D eigenvalue weighted by molar-refractivity contribution is -0.133. The highest BCUT2D eigenvalue weighted by Crippen LogP contribution is 2.30. The number of thiophene rings is 1. The molecule has 2 amide bonds. The molecule has 2 aliphatic rings. The SMILES string of the molecule is Cc1c(C(=O)N2CCc3ccccc3C2)sc2ncn(CC(=O)N3CCC(C)CC3)c(=O)c12. The van der Waals surface area contributed by atoms with E-state index < -0.39 is 0 Å². The zero-order chi connectivity index (χ0) is 23.1. The first-order valence-corrected chi connectivity index (χ1v) is 12.4. The van der Waals surface area contributed by atoms with E-state index in [0.717, 1.165) is 32.4 Å². The summed E-state index contributed by atoms with van der Waals surface area (Å²) < 4.78 is 1.38. The standard InChI is InChI=1S/C25H28N4O3S/c1-16-7-10-27(11-8-16)20(30)14-29-15-26-23-21(24(29)31)17(2)22(33-23)25(32)28-12-9-18-5-3-4-6-19(18)13-28/h3-6,15-16H,7-14H2,1-2H3. The first-order valence-electron chi connectivity index (χ1n) is 11.5. The second-order valence-electron chi connectivity index (χ2n) is 9.22. The fourth-order valence-corrected chi connectivity index (χ4v) is 5.90. The molecule has 1 fully saturated rings. The van der Waals surface area contributed by atoms with Crippen molar-refractivity contribution < 1.29 is 9.59 Å². The Labute approximate surface area is 196 Å². The number of likely N-dealkylation sites (tertiary alicyclic amines) is 1. The summed E-state index contributed by atoms with van der Waals surface area (Å²) in [7, 11) is 0. The number of nitrogens with zero attached hydrogens (tertiary/aromatic N) is 4. The minimum atomic E-state index is -0.254. The van der Waals surface area contributed by atoms with Crippen molar-refractivity contribution in [3.05, 3.63) is 62.5 Å². The van der Waals surface area contributed by atoms with Gasteiger partial charge in [-0.25, -0.2) is 4.98 Å². The molecule has 33 heavy (non-hydrogen) atoms. The molecular weight excluding hydrogens is 436 g/mol. The lowest BCUT2D eigenvalue weighted by Gasteiger charge is -2.30. The van der Waals surface area contributed by atoms with Crippen molar-refractivity contribution in [2.45, 2.75) is 46.2 Å². The Balaban J connectivity index is 1.39. The molecule has 0 radical (unpaired) electrons. The van der Waals surface area contributed by atoms with Gasteiger partial charge in [-0.2, -0.15) is 0 Å². The topological polar surface area (TPSA) is 75.5 Å². The average Bonchev–Trinajstić information content (AvgIpc) is 3.17. The number of benzene rings is 1. The number of carbonyl (C=O) groups is 2. The van der Waals surface area contributed by atoms with E-state index in [0.29, 0.717) is 39.7 Å². The molecule has 5 rings (SSSR count). The number of aryl methyl sites for hydroxylation is 1. The van der Waals surface area contributed by atoms with E-state index >= 15 is 0 Å². The Kier molecular flexibility index (Phi) is 5.78. The number of hydrogen-bond donors (Lipinski definition) is 0. The third kappa shape index (κ3) is 4.08. The average molecular weight is 465 g/mol. The van der Waals surface area contributed by atoms with E-state index in [2.05, 4.69) is 24.0 Å². The third-order valence-corrected chi connectivity index (χ3v) is 8.16. The first-order chi connectivity index (χ1) is 15.9. The van der Waals surface area contributed by atoms with E-state index in [4.69, 9.17) is 0 Å². The Hall–Kier alpha value is -3.00. The minimum Gasteiger partial charge on any atom is -0.341 e. The highest BCUT2D eigenvalue weighted by Gasteiger charge is 2.27. The van der Waals surface area contributed by atoms with Gasteiger partial charge < -0.3 is 9.80 Å². The van der Waals surface area contributed by atoms with Crippen LogP contribution in [0.4, 0.5) is 0 Å². The predicted molar refractivity (Wildman–Crippen MR) is 128 cm³/mol. The van der Waals surface area contributed by atoms with Gasteiger partial charge in [-0.3, -0.25) is 19.0 Å². The quantitative estimate of drug-likeness (QED) is 0.597. The highest BCUT2D eigenvalue weighted by atomic mass is 32.1. The molecule has 8 heteroatoms. The van der Waals surface area contributed by atoms with Gasteiger partial charge in [0.15, 0.2) is 0 Å². The molecule has 1 saturated heterocycles. The van der Waals surface area contributed by atoms with E-state index in [9.17, 15) is 14.4 Å². The van der Waals surface area contributed by atoms with Crippen molar-refractivity contribution in [3.8, 4) is 0 Å². The maximum absolute atomic E-state index is 13.3. The monoisotopic (exact) mass is 464 g/mol. The Morgan fingerprint density at radius 1 is 1.09 bits per heavy atom. The molecule has 7 nitrogen and oxygen atoms in total. The predicted octanol–water partition coefficient (Wildman–Crippen LogP) is 3.22. The molecule has 2 aliphatic heterocycles.